The molecule has 0 spiro atoms. The van der Waals surface area contributed by atoms with Gasteiger partial charge in [0.15, 0.2) is 0 Å². The van der Waals surface area contributed by atoms with Crippen molar-refractivity contribution in [3.8, 4) is 0 Å². The highest BCUT2D eigenvalue weighted by atomic mass is 16.3. The molecule has 0 aliphatic heterocycles. The summed E-state index contributed by atoms with van der Waals surface area (Å²) in [7, 11) is 0. The van der Waals surface area contributed by atoms with Gasteiger partial charge in [-0.05, 0) is 37.8 Å². The minimum absolute atomic E-state index is 0.246. The lowest BCUT2D eigenvalue weighted by Gasteiger charge is -2.20. The first-order chi connectivity index (χ1) is 8.17. The molecule has 0 radical (unpaired) electrons. The number of aryl methyl sites for hydroxylation is 1. The summed E-state index contributed by atoms with van der Waals surface area (Å²) < 4.78 is 0. The predicted octanol–water partition coefficient (Wildman–Crippen LogP) is 3.06. The molecular weight excluding hydrogens is 210 g/mol. The Kier molecular flexibility index (Phi) is 6.23. The smallest absolute Gasteiger partial charge is 0.0445 e. The van der Waals surface area contributed by atoms with E-state index in [2.05, 4.69) is 50.4 Å². The summed E-state index contributed by atoms with van der Waals surface area (Å²) in [6, 6.07) is 9.53. The Labute approximate surface area is 105 Å². The van der Waals surface area contributed by atoms with Crippen LogP contribution in [0.1, 0.15) is 50.8 Å². The lowest BCUT2D eigenvalue weighted by Crippen LogP contribution is -2.29. The maximum Gasteiger partial charge on any atom is 0.0445 e. The minimum Gasteiger partial charge on any atom is -0.396 e. The first kappa shape index (κ1) is 14.2. The summed E-state index contributed by atoms with van der Waals surface area (Å²) in [4.78, 5) is 0. The van der Waals surface area contributed by atoms with Crippen molar-refractivity contribution in [2.75, 3.05) is 6.61 Å². The Hall–Kier alpha value is -0.860. The first-order valence-electron chi connectivity index (χ1n) is 6.63. The third kappa shape index (κ3) is 4.88. The fraction of sp³-hybridized carbons (Fsp3) is 0.600. The molecule has 2 nitrogen and oxygen atoms in total. The third-order valence-electron chi connectivity index (χ3n) is 3.12. The van der Waals surface area contributed by atoms with E-state index >= 15 is 0 Å². The van der Waals surface area contributed by atoms with E-state index in [1.54, 1.807) is 0 Å². The number of benzene rings is 1. The van der Waals surface area contributed by atoms with Crippen molar-refractivity contribution in [2.45, 2.75) is 52.1 Å². The molecule has 0 aromatic heterocycles. The average Bonchev–Trinajstić information content (AvgIpc) is 2.30. The number of aliphatic hydroxyl groups is 1. The van der Waals surface area contributed by atoms with E-state index in [-0.39, 0.29) is 6.61 Å². The molecule has 1 aromatic carbocycles. The molecule has 96 valence electrons. The van der Waals surface area contributed by atoms with Crippen LogP contribution in [0.5, 0.6) is 0 Å². The normalized spacial score (nSPS) is 14.6. The highest BCUT2D eigenvalue weighted by Gasteiger charge is 2.08. The number of rotatable bonds is 7. The van der Waals surface area contributed by atoms with Crippen LogP contribution >= 0.6 is 0 Å². The minimum atomic E-state index is 0.246. The second-order valence-electron chi connectivity index (χ2n) is 4.79. The molecule has 2 atom stereocenters. The average molecular weight is 235 g/mol. The number of aliphatic hydroxyl groups excluding tert-OH is 1. The van der Waals surface area contributed by atoms with Crippen LogP contribution in [0.3, 0.4) is 0 Å². The molecule has 0 aliphatic rings. The van der Waals surface area contributed by atoms with Crippen LogP contribution in [0.15, 0.2) is 24.3 Å². The summed E-state index contributed by atoms with van der Waals surface area (Å²) >= 11 is 0. The van der Waals surface area contributed by atoms with Gasteiger partial charge in [-0.3, -0.25) is 0 Å². The molecule has 0 saturated heterocycles. The largest absolute Gasteiger partial charge is 0.396 e. The standard InChI is InChI=1S/C15H25NO/c1-4-5-14-6-8-15(9-7-14)13(3)16-12(2)10-11-17/h6-9,12-13,16-17H,4-5,10-11H2,1-3H3. The number of hydrogen-bond acceptors (Lipinski definition) is 2. The van der Waals surface area contributed by atoms with Gasteiger partial charge in [-0.25, -0.2) is 0 Å². The zero-order valence-corrected chi connectivity index (χ0v) is 11.2. The molecule has 1 rings (SSSR count). The second-order valence-corrected chi connectivity index (χ2v) is 4.79. The van der Waals surface area contributed by atoms with Gasteiger partial charge in [-0.1, -0.05) is 37.6 Å². The van der Waals surface area contributed by atoms with Gasteiger partial charge in [0, 0.05) is 18.7 Å². The zero-order chi connectivity index (χ0) is 12.7. The molecular formula is C15H25NO. The third-order valence-corrected chi connectivity index (χ3v) is 3.12. The molecule has 0 saturated carbocycles. The van der Waals surface area contributed by atoms with E-state index < -0.39 is 0 Å². The van der Waals surface area contributed by atoms with Gasteiger partial charge in [0.2, 0.25) is 0 Å². The zero-order valence-electron chi connectivity index (χ0n) is 11.2. The quantitative estimate of drug-likeness (QED) is 0.761. The Morgan fingerprint density at radius 1 is 1.18 bits per heavy atom. The number of nitrogens with one attached hydrogen (secondary N) is 1. The monoisotopic (exact) mass is 235 g/mol. The van der Waals surface area contributed by atoms with Crippen molar-refractivity contribution in [3.63, 3.8) is 0 Å². The lowest BCUT2D eigenvalue weighted by molar-refractivity contribution is 0.264. The van der Waals surface area contributed by atoms with Crippen LogP contribution < -0.4 is 5.32 Å². The summed E-state index contributed by atoms with van der Waals surface area (Å²) in [6.07, 6.45) is 3.15. The summed E-state index contributed by atoms with van der Waals surface area (Å²) in [5, 5.41) is 12.4. The van der Waals surface area contributed by atoms with Crippen LogP contribution in [-0.4, -0.2) is 17.8 Å². The summed E-state index contributed by atoms with van der Waals surface area (Å²) in [5.74, 6) is 0. The van der Waals surface area contributed by atoms with E-state index in [1.807, 2.05) is 0 Å². The van der Waals surface area contributed by atoms with Gasteiger partial charge >= 0.3 is 0 Å². The van der Waals surface area contributed by atoms with Crippen molar-refractivity contribution < 1.29 is 5.11 Å². The fourth-order valence-corrected chi connectivity index (χ4v) is 2.06. The topological polar surface area (TPSA) is 32.3 Å². The second kappa shape index (κ2) is 7.46. The molecule has 17 heavy (non-hydrogen) atoms. The van der Waals surface area contributed by atoms with Gasteiger partial charge in [0.25, 0.3) is 0 Å². The van der Waals surface area contributed by atoms with E-state index in [4.69, 9.17) is 5.11 Å². The van der Waals surface area contributed by atoms with Crippen LogP contribution in [0, 0.1) is 0 Å². The Balaban J connectivity index is 2.53. The van der Waals surface area contributed by atoms with Gasteiger partial charge in [0.05, 0.1) is 0 Å². The molecule has 0 heterocycles. The van der Waals surface area contributed by atoms with E-state index in [9.17, 15) is 0 Å². The first-order valence-corrected chi connectivity index (χ1v) is 6.63. The highest BCUT2D eigenvalue weighted by Crippen LogP contribution is 2.15. The molecule has 0 aliphatic carbocycles. The maximum absolute atomic E-state index is 8.88. The predicted molar refractivity (Wildman–Crippen MR) is 73.2 cm³/mol. The van der Waals surface area contributed by atoms with E-state index in [0.29, 0.717) is 12.1 Å². The molecule has 0 amide bonds. The fourth-order valence-electron chi connectivity index (χ4n) is 2.06. The highest BCUT2D eigenvalue weighted by molar-refractivity contribution is 5.24. The lowest BCUT2D eigenvalue weighted by atomic mass is 10.0. The van der Waals surface area contributed by atoms with Crippen molar-refractivity contribution in [1.29, 1.82) is 0 Å². The van der Waals surface area contributed by atoms with Gasteiger partial charge < -0.3 is 10.4 Å². The van der Waals surface area contributed by atoms with Crippen LogP contribution in [-0.2, 0) is 6.42 Å². The Bertz CT molecular complexity index is 307. The Morgan fingerprint density at radius 2 is 1.82 bits per heavy atom. The molecule has 2 heteroatoms. The van der Waals surface area contributed by atoms with Crippen molar-refractivity contribution in [1.82, 2.24) is 5.32 Å². The summed E-state index contributed by atoms with van der Waals surface area (Å²) in [5.41, 5.74) is 2.72. The van der Waals surface area contributed by atoms with Crippen LogP contribution in [0.4, 0.5) is 0 Å². The number of hydrogen-bond donors (Lipinski definition) is 2. The molecule has 0 fully saturated rings. The summed E-state index contributed by atoms with van der Waals surface area (Å²) in [6.45, 7) is 6.73. The van der Waals surface area contributed by atoms with Gasteiger partial charge in [0.1, 0.15) is 0 Å². The van der Waals surface area contributed by atoms with Crippen LogP contribution in [0.2, 0.25) is 0 Å². The van der Waals surface area contributed by atoms with Crippen molar-refractivity contribution in [2.24, 2.45) is 0 Å². The van der Waals surface area contributed by atoms with Gasteiger partial charge in [-0.15, -0.1) is 0 Å². The SMILES string of the molecule is CCCc1ccc(C(C)NC(C)CCO)cc1. The Morgan fingerprint density at radius 3 is 2.35 bits per heavy atom. The van der Waals surface area contributed by atoms with E-state index in [1.165, 1.54) is 17.5 Å². The van der Waals surface area contributed by atoms with Crippen molar-refractivity contribution >= 4 is 0 Å². The molecule has 0 bridgehead atoms. The van der Waals surface area contributed by atoms with Gasteiger partial charge in [-0.2, -0.15) is 0 Å². The van der Waals surface area contributed by atoms with Crippen LogP contribution in [0.25, 0.3) is 0 Å². The van der Waals surface area contributed by atoms with Crippen molar-refractivity contribution in [3.05, 3.63) is 35.4 Å². The maximum atomic E-state index is 8.88. The molecule has 1 aromatic rings. The molecule has 2 N–H and O–H groups in total. The van der Waals surface area contributed by atoms with E-state index in [0.717, 1.165) is 12.8 Å². The molecule has 2 unspecified atom stereocenters.